The van der Waals surface area contributed by atoms with Gasteiger partial charge >= 0.3 is 0 Å². The molecule has 2 aromatic rings. The van der Waals surface area contributed by atoms with E-state index in [4.69, 9.17) is 10.5 Å². The summed E-state index contributed by atoms with van der Waals surface area (Å²) in [7, 11) is 1.57. The van der Waals surface area contributed by atoms with Crippen molar-refractivity contribution in [2.24, 2.45) is 0 Å². The maximum atomic E-state index is 12.5. The highest BCUT2D eigenvalue weighted by Crippen LogP contribution is 2.29. The Labute approximate surface area is 124 Å². The van der Waals surface area contributed by atoms with E-state index in [2.05, 4.69) is 5.32 Å². The molecule has 0 fully saturated rings. The summed E-state index contributed by atoms with van der Waals surface area (Å²) < 4.78 is 5.25. The SMILES string of the molecule is CCC(C(=O)Nc1cc(N)ccc1OC)c1ccccc1. The number of carbonyl (C=O) groups is 1. The monoisotopic (exact) mass is 284 g/mol. The van der Waals surface area contributed by atoms with Crippen LogP contribution in [0.25, 0.3) is 0 Å². The lowest BCUT2D eigenvalue weighted by molar-refractivity contribution is -0.117. The third-order valence-corrected chi connectivity index (χ3v) is 3.41. The molecular weight excluding hydrogens is 264 g/mol. The van der Waals surface area contributed by atoms with Gasteiger partial charge in [-0.15, -0.1) is 0 Å². The Morgan fingerprint density at radius 3 is 2.57 bits per heavy atom. The van der Waals surface area contributed by atoms with Crippen molar-refractivity contribution in [1.82, 2.24) is 0 Å². The molecule has 0 saturated heterocycles. The first kappa shape index (κ1) is 14.9. The highest BCUT2D eigenvalue weighted by Gasteiger charge is 2.19. The molecule has 21 heavy (non-hydrogen) atoms. The van der Waals surface area contributed by atoms with Crippen molar-refractivity contribution in [1.29, 1.82) is 0 Å². The predicted octanol–water partition coefficient (Wildman–Crippen LogP) is 3.41. The van der Waals surface area contributed by atoms with Crippen molar-refractivity contribution < 1.29 is 9.53 Å². The molecule has 0 heterocycles. The third kappa shape index (κ3) is 3.54. The van der Waals surface area contributed by atoms with E-state index in [-0.39, 0.29) is 11.8 Å². The fourth-order valence-corrected chi connectivity index (χ4v) is 2.30. The Hall–Kier alpha value is -2.49. The minimum atomic E-state index is -0.197. The number of benzene rings is 2. The number of amides is 1. The molecule has 0 aliphatic rings. The first-order valence-electron chi connectivity index (χ1n) is 6.95. The van der Waals surface area contributed by atoms with Crippen molar-refractivity contribution in [2.45, 2.75) is 19.3 Å². The van der Waals surface area contributed by atoms with Crippen molar-refractivity contribution in [3.63, 3.8) is 0 Å². The second-order valence-electron chi connectivity index (χ2n) is 4.82. The van der Waals surface area contributed by atoms with Gasteiger partial charge in [0.05, 0.1) is 18.7 Å². The zero-order valence-electron chi connectivity index (χ0n) is 12.3. The topological polar surface area (TPSA) is 64.4 Å². The molecule has 2 aromatic carbocycles. The number of anilines is 2. The highest BCUT2D eigenvalue weighted by atomic mass is 16.5. The standard InChI is InChI=1S/C17H20N2O2/c1-3-14(12-7-5-4-6-8-12)17(20)19-15-11-13(18)9-10-16(15)21-2/h4-11,14H,3,18H2,1-2H3,(H,19,20). The molecule has 1 amide bonds. The summed E-state index contributed by atoms with van der Waals surface area (Å²) in [6.45, 7) is 1.99. The minimum Gasteiger partial charge on any atom is -0.495 e. The van der Waals surface area contributed by atoms with Gasteiger partial charge in [-0.1, -0.05) is 37.3 Å². The Bertz CT molecular complexity index is 611. The van der Waals surface area contributed by atoms with E-state index in [1.807, 2.05) is 37.3 Å². The molecule has 110 valence electrons. The van der Waals surface area contributed by atoms with E-state index in [9.17, 15) is 4.79 Å². The second kappa shape index (κ2) is 6.79. The summed E-state index contributed by atoms with van der Waals surface area (Å²) >= 11 is 0. The van der Waals surface area contributed by atoms with Crippen LogP contribution in [0.4, 0.5) is 11.4 Å². The van der Waals surface area contributed by atoms with E-state index in [0.29, 0.717) is 17.1 Å². The predicted molar refractivity (Wildman–Crippen MR) is 85.5 cm³/mol. The van der Waals surface area contributed by atoms with Gasteiger partial charge in [0.15, 0.2) is 0 Å². The van der Waals surface area contributed by atoms with Crippen LogP contribution in [-0.4, -0.2) is 13.0 Å². The molecule has 0 radical (unpaired) electrons. The summed E-state index contributed by atoms with van der Waals surface area (Å²) in [5, 5.41) is 2.91. The van der Waals surface area contributed by atoms with Crippen molar-refractivity contribution in [2.75, 3.05) is 18.2 Å². The lowest BCUT2D eigenvalue weighted by Crippen LogP contribution is -2.21. The maximum absolute atomic E-state index is 12.5. The highest BCUT2D eigenvalue weighted by molar-refractivity contribution is 5.97. The molecular formula is C17H20N2O2. The van der Waals surface area contributed by atoms with E-state index in [1.165, 1.54) is 0 Å². The van der Waals surface area contributed by atoms with Gasteiger partial charge in [-0.25, -0.2) is 0 Å². The number of hydrogen-bond acceptors (Lipinski definition) is 3. The summed E-state index contributed by atoms with van der Waals surface area (Å²) in [6, 6.07) is 14.9. The lowest BCUT2D eigenvalue weighted by Gasteiger charge is -2.17. The Morgan fingerprint density at radius 2 is 1.95 bits per heavy atom. The zero-order chi connectivity index (χ0) is 15.2. The first-order chi connectivity index (χ1) is 10.2. The van der Waals surface area contributed by atoms with Crippen LogP contribution in [-0.2, 0) is 4.79 Å². The normalized spacial score (nSPS) is 11.7. The van der Waals surface area contributed by atoms with Crippen LogP contribution in [0.5, 0.6) is 5.75 Å². The number of nitrogen functional groups attached to an aromatic ring is 1. The van der Waals surface area contributed by atoms with Gasteiger partial charge in [0.2, 0.25) is 5.91 Å². The van der Waals surface area contributed by atoms with Crippen molar-refractivity contribution >= 4 is 17.3 Å². The molecule has 2 rings (SSSR count). The van der Waals surface area contributed by atoms with Crippen LogP contribution in [0.3, 0.4) is 0 Å². The average Bonchev–Trinajstić information content (AvgIpc) is 2.49. The average molecular weight is 284 g/mol. The molecule has 0 aromatic heterocycles. The van der Waals surface area contributed by atoms with E-state index in [1.54, 1.807) is 25.3 Å². The summed E-state index contributed by atoms with van der Waals surface area (Å²) in [6.07, 6.45) is 0.723. The number of ether oxygens (including phenoxy) is 1. The second-order valence-corrected chi connectivity index (χ2v) is 4.82. The van der Waals surface area contributed by atoms with Crippen LogP contribution in [0, 0.1) is 0 Å². The smallest absolute Gasteiger partial charge is 0.232 e. The van der Waals surface area contributed by atoms with Gasteiger partial charge in [0.25, 0.3) is 0 Å². The molecule has 0 spiro atoms. The zero-order valence-corrected chi connectivity index (χ0v) is 12.3. The van der Waals surface area contributed by atoms with Gasteiger partial charge < -0.3 is 15.8 Å². The fraction of sp³-hybridized carbons (Fsp3) is 0.235. The molecule has 0 saturated carbocycles. The van der Waals surface area contributed by atoms with Crippen LogP contribution < -0.4 is 15.8 Å². The first-order valence-corrected chi connectivity index (χ1v) is 6.95. The van der Waals surface area contributed by atoms with E-state index >= 15 is 0 Å². The number of carbonyl (C=O) groups excluding carboxylic acids is 1. The number of hydrogen-bond donors (Lipinski definition) is 2. The molecule has 4 heteroatoms. The molecule has 4 nitrogen and oxygen atoms in total. The fourth-order valence-electron chi connectivity index (χ4n) is 2.30. The number of nitrogens with one attached hydrogen (secondary N) is 1. The molecule has 3 N–H and O–H groups in total. The maximum Gasteiger partial charge on any atom is 0.232 e. The van der Waals surface area contributed by atoms with Gasteiger partial charge in [0, 0.05) is 5.69 Å². The van der Waals surface area contributed by atoms with Gasteiger partial charge in [0.1, 0.15) is 5.75 Å². The van der Waals surface area contributed by atoms with Crippen LogP contribution in [0.1, 0.15) is 24.8 Å². The van der Waals surface area contributed by atoms with Gasteiger partial charge in [-0.3, -0.25) is 4.79 Å². The molecule has 0 aliphatic heterocycles. The van der Waals surface area contributed by atoms with E-state index < -0.39 is 0 Å². The molecule has 1 unspecified atom stereocenters. The molecule has 0 bridgehead atoms. The quantitative estimate of drug-likeness (QED) is 0.827. The number of rotatable bonds is 5. The van der Waals surface area contributed by atoms with Crippen LogP contribution in [0.15, 0.2) is 48.5 Å². The Balaban J connectivity index is 2.22. The van der Waals surface area contributed by atoms with Crippen molar-refractivity contribution in [3.05, 3.63) is 54.1 Å². The number of nitrogens with two attached hydrogens (primary N) is 1. The Morgan fingerprint density at radius 1 is 1.24 bits per heavy atom. The summed E-state index contributed by atoms with van der Waals surface area (Å²) in [5.41, 5.74) is 7.95. The molecule has 0 aliphatic carbocycles. The van der Waals surface area contributed by atoms with Crippen LogP contribution in [0.2, 0.25) is 0 Å². The van der Waals surface area contributed by atoms with Gasteiger partial charge in [-0.05, 0) is 30.2 Å². The largest absolute Gasteiger partial charge is 0.495 e. The third-order valence-electron chi connectivity index (χ3n) is 3.41. The van der Waals surface area contributed by atoms with E-state index in [0.717, 1.165) is 12.0 Å². The van der Waals surface area contributed by atoms with Crippen molar-refractivity contribution in [3.8, 4) is 5.75 Å². The minimum absolute atomic E-state index is 0.0624. The lowest BCUT2D eigenvalue weighted by atomic mass is 9.95. The molecule has 1 atom stereocenters. The summed E-state index contributed by atoms with van der Waals surface area (Å²) in [4.78, 5) is 12.5. The Kier molecular flexibility index (Phi) is 4.82. The van der Waals surface area contributed by atoms with Crippen LogP contribution >= 0.6 is 0 Å². The van der Waals surface area contributed by atoms with Gasteiger partial charge in [-0.2, -0.15) is 0 Å². The summed E-state index contributed by atoms with van der Waals surface area (Å²) in [5.74, 6) is 0.338. The number of methoxy groups -OCH3 is 1.